The number of rotatable bonds is 5. The highest BCUT2D eigenvalue weighted by Gasteiger charge is 2.33. The Kier molecular flexibility index (Phi) is 5.61. The SMILES string of the molecule is CN(CC(=O)O)C1CCN(S(=O)(=O)c2cccc(Cl)c2F)CC1. The molecule has 1 aliphatic heterocycles. The van der Waals surface area contributed by atoms with Gasteiger partial charge < -0.3 is 5.11 Å². The van der Waals surface area contributed by atoms with Gasteiger partial charge in [0.1, 0.15) is 4.90 Å². The molecule has 6 nitrogen and oxygen atoms in total. The van der Waals surface area contributed by atoms with E-state index in [-0.39, 0.29) is 30.7 Å². The summed E-state index contributed by atoms with van der Waals surface area (Å²) in [4.78, 5) is 12.0. The van der Waals surface area contributed by atoms with Crippen LogP contribution in [0, 0.1) is 5.82 Å². The molecular weight excluding hydrogens is 347 g/mol. The van der Waals surface area contributed by atoms with Gasteiger partial charge in [-0.25, -0.2) is 12.8 Å². The van der Waals surface area contributed by atoms with Crippen molar-refractivity contribution in [1.82, 2.24) is 9.21 Å². The molecule has 23 heavy (non-hydrogen) atoms. The van der Waals surface area contributed by atoms with Gasteiger partial charge in [-0.2, -0.15) is 4.31 Å². The number of piperidine rings is 1. The van der Waals surface area contributed by atoms with Crippen LogP contribution in [0.4, 0.5) is 4.39 Å². The van der Waals surface area contributed by atoms with Gasteiger partial charge in [-0.1, -0.05) is 17.7 Å². The molecule has 1 N–H and O–H groups in total. The third-order valence-electron chi connectivity index (χ3n) is 3.97. The molecule has 0 amide bonds. The van der Waals surface area contributed by atoms with Crippen LogP contribution in [-0.4, -0.2) is 61.4 Å². The summed E-state index contributed by atoms with van der Waals surface area (Å²) in [5, 5.41) is 8.56. The zero-order valence-corrected chi connectivity index (χ0v) is 14.1. The number of nitrogens with zero attached hydrogens (tertiary/aromatic N) is 2. The highest BCUT2D eigenvalue weighted by Crippen LogP contribution is 2.27. The zero-order valence-electron chi connectivity index (χ0n) is 12.6. The summed E-state index contributed by atoms with van der Waals surface area (Å²) >= 11 is 5.65. The van der Waals surface area contributed by atoms with Gasteiger partial charge in [0, 0.05) is 19.1 Å². The maximum atomic E-state index is 14.0. The number of benzene rings is 1. The standard InChI is InChI=1S/C14H18ClFN2O4S/c1-17(9-13(19)20)10-5-7-18(8-6-10)23(21,22)12-4-2-3-11(15)14(12)16/h2-4,10H,5-9H2,1H3,(H,19,20). The molecule has 0 aromatic heterocycles. The number of carboxylic acid groups (broad SMARTS) is 1. The summed E-state index contributed by atoms with van der Waals surface area (Å²) in [7, 11) is -2.25. The lowest BCUT2D eigenvalue weighted by molar-refractivity contribution is -0.138. The average Bonchev–Trinajstić information content (AvgIpc) is 2.49. The highest BCUT2D eigenvalue weighted by molar-refractivity contribution is 7.89. The van der Waals surface area contributed by atoms with Gasteiger partial charge in [-0.05, 0) is 32.0 Å². The maximum Gasteiger partial charge on any atom is 0.317 e. The number of likely N-dealkylation sites (N-methyl/N-ethyl adjacent to an activating group) is 1. The number of carbonyl (C=O) groups is 1. The summed E-state index contributed by atoms with van der Waals surface area (Å²) < 4.78 is 40.3. The number of carboxylic acids is 1. The monoisotopic (exact) mass is 364 g/mol. The normalized spacial score (nSPS) is 17.6. The van der Waals surface area contributed by atoms with Crippen LogP contribution in [0.1, 0.15) is 12.8 Å². The molecule has 9 heteroatoms. The summed E-state index contributed by atoms with van der Waals surface area (Å²) in [6.07, 6.45) is 0.983. The number of hydrogen-bond donors (Lipinski definition) is 1. The summed E-state index contributed by atoms with van der Waals surface area (Å²) in [6, 6.07) is 3.87. The van der Waals surface area contributed by atoms with Crippen LogP contribution < -0.4 is 0 Å². The van der Waals surface area contributed by atoms with Crippen molar-refractivity contribution in [2.45, 2.75) is 23.8 Å². The van der Waals surface area contributed by atoms with Gasteiger partial charge in [0.2, 0.25) is 10.0 Å². The molecule has 0 saturated carbocycles. The van der Waals surface area contributed by atoms with E-state index in [1.807, 2.05) is 0 Å². The van der Waals surface area contributed by atoms with E-state index in [4.69, 9.17) is 16.7 Å². The Morgan fingerprint density at radius 1 is 1.43 bits per heavy atom. The number of aliphatic carboxylic acids is 1. The van der Waals surface area contributed by atoms with E-state index in [1.54, 1.807) is 11.9 Å². The zero-order chi connectivity index (χ0) is 17.2. The van der Waals surface area contributed by atoms with Gasteiger partial charge in [-0.15, -0.1) is 0 Å². The predicted octanol–water partition coefficient (Wildman–Crippen LogP) is 1.65. The second kappa shape index (κ2) is 7.12. The quantitative estimate of drug-likeness (QED) is 0.859. The Morgan fingerprint density at radius 3 is 2.61 bits per heavy atom. The first-order valence-corrected chi connectivity index (χ1v) is 8.91. The maximum absolute atomic E-state index is 14.0. The van der Waals surface area contributed by atoms with Crippen LogP contribution in [0.2, 0.25) is 5.02 Å². The number of hydrogen-bond acceptors (Lipinski definition) is 4. The van der Waals surface area contributed by atoms with E-state index in [9.17, 15) is 17.6 Å². The fourth-order valence-corrected chi connectivity index (χ4v) is 4.48. The van der Waals surface area contributed by atoms with Crippen molar-refractivity contribution in [3.8, 4) is 0 Å². The van der Waals surface area contributed by atoms with E-state index >= 15 is 0 Å². The molecule has 1 aliphatic rings. The van der Waals surface area contributed by atoms with Gasteiger partial charge in [-0.3, -0.25) is 9.69 Å². The molecule has 0 unspecified atom stereocenters. The molecule has 0 radical (unpaired) electrons. The molecule has 0 bridgehead atoms. The summed E-state index contributed by atoms with van der Waals surface area (Å²) in [5.74, 6) is -1.87. The summed E-state index contributed by atoms with van der Waals surface area (Å²) in [5.41, 5.74) is 0. The molecule has 1 saturated heterocycles. The van der Waals surface area contributed by atoms with Crippen molar-refractivity contribution in [2.75, 3.05) is 26.7 Å². The first kappa shape index (κ1) is 18.1. The van der Waals surface area contributed by atoms with E-state index in [0.29, 0.717) is 12.8 Å². The largest absolute Gasteiger partial charge is 0.480 e. The molecule has 1 heterocycles. The van der Waals surface area contributed by atoms with E-state index in [2.05, 4.69) is 0 Å². The van der Waals surface area contributed by atoms with Crippen molar-refractivity contribution >= 4 is 27.6 Å². The topological polar surface area (TPSA) is 77.9 Å². The van der Waals surface area contributed by atoms with Gasteiger partial charge in [0.25, 0.3) is 0 Å². The second-order valence-corrected chi connectivity index (χ2v) is 7.81. The minimum atomic E-state index is -3.95. The molecule has 1 aromatic carbocycles. The van der Waals surface area contributed by atoms with Crippen molar-refractivity contribution in [3.05, 3.63) is 29.0 Å². The molecule has 0 aliphatic carbocycles. The van der Waals surface area contributed by atoms with Gasteiger partial charge in [0.05, 0.1) is 11.6 Å². The first-order chi connectivity index (χ1) is 10.7. The molecule has 0 spiro atoms. The second-order valence-electron chi connectivity index (χ2n) is 5.50. The lowest BCUT2D eigenvalue weighted by atomic mass is 10.1. The smallest absolute Gasteiger partial charge is 0.317 e. The van der Waals surface area contributed by atoms with Gasteiger partial charge in [0.15, 0.2) is 5.82 Å². The molecule has 1 aromatic rings. The van der Waals surface area contributed by atoms with Crippen LogP contribution in [0.25, 0.3) is 0 Å². The molecule has 2 rings (SSSR count). The minimum Gasteiger partial charge on any atom is -0.480 e. The van der Waals surface area contributed by atoms with Crippen molar-refractivity contribution in [1.29, 1.82) is 0 Å². The average molecular weight is 365 g/mol. The van der Waals surface area contributed by atoms with Crippen LogP contribution in [0.3, 0.4) is 0 Å². The van der Waals surface area contributed by atoms with Crippen LogP contribution in [0.5, 0.6) is 0 Å². The van der Waals surface area contributed by atoms with Crippen molar-refractivity contribution < 1.29 is 22.7 Å². The van der Waals surface area contributed by atoms with Crippen molar-refractivity contribution in [3.63, 3.8) is 0 Å². The molecule has 1 fully saturated rings. The summed E-state index contributed by atoms with van der Waals surface area (Å²) in [6.45, 7) is 0.326. The Hall–Kier alpha value is -1.22. The number of halogens is 2. The predicted molar refractivity (Wildman–Crippen MR) is 83.5 cm³/mol. The van der Waals surface area contributed by atoms with E-state index in [0.717, 1.165) is 0 Å². The van der Waals surface area contributed by atoms with Crippen LogP contribution in [0.15, 0.2) is 23.1 Å². The van der Waals surface area contributed by atoms with Gasteiger partial charge >= 0.3 is 5.97 Å². The van der Waals surface area contributed by atoms with Crippen LogP contribution >= 0.6 is 11.6 Å². The fourth-order valence-electron chi connectivity index (χ4n) is 2.69. The lowest BCUT2D eigenvalue weighted by Gasteiger charge is -2.35. The molecule has 128 valence electrons. The Labute approximate surface area is 139 Å². The highest BCUT2D eigenvalue weighted by atomic mass is 35.5. The van der Waals surface area contributed by atoms with Crippen LogP contribution in [-0.2, 0) is 14.8 Å². The fraction of sp³-hybridized carbons (Fsp3) is 0.500. The van der Waals surface area contributed by atoms with E-state index in [1.165, 1.54) is 22.5 Å². The Morgan fingerprint density at radius 2 is 2.04 bits per heavy atom. The lowest BCUT2D eigenvalue weighted by Crippen LogP contribution is -2.46. The van der Waals surface area contributed by atoms with Crippen molar-refractivity contribution in [2.24, 2.45) is 0 Å². The molecule has 0 atom stereocenters. The Balaban J connectivity index is 2.10. The minimum absolute atomic E-state index is 0.0123. The third kappa shape index (κ3) is 4.00. The molecular formula is C14H18ClFN2O4S. The first-order valence-electron chi connectivity index (χ1n) is 7.09. The van der Waals surface area contributed by atoms with E-state index < -0.39 is 26.7 Å². The Bertz CT molecular complexity index is 690. The number of sulfonamides is 1. The third-order valence-corrected chi connectivity index (χ3v) is 6.17.